The number of halogens is 2. The van der Waals surface area contributed by atoms with Gasteiger partial charge in [-0.05, 0) is 48.4 Å². The summed E-state index contributed by atoms with van der Waals surface area (Å²) in [5, 5.41) is 8.83. The third kappa shape index (κ3) is 4.07. The summed E-state index contributed by atoms with van der Waals surface area (Å²) in [5.74, 6) is -1.14. The quantitative estimate of drug-likeness (QED) is 0.834. The lowest BCUT2D eigenvalue weighted by atomic mass is 10.2. The van der Waals surface area contributed by atoms with Crippen molar-refractivity contribution in [2.75, 3.05) is 0 Å². The third-order valence-electron chi connectivity index (χ3n) is 2.68. The number of aryl methyl sites for hydroxylation is 1. The van der Waals surface area contributed by atoms with Crippen LogP contribution in [0.1, 0.15) is 11.1 Å². The molecule has 0 saturated carbocycles. The summed E-state index contributed by atoms with van der Waals surface area (Å²) in [6, 6.07) is 9.28. The molecule has 2 aromatic rings. The number of aliphatic carboxylic acids is 1. The van der Waals surface area contributed by atoms with Gasteiger partial charge in [0.05, 0.1) is 5.02 Å². The van der Waals surface area contributed by atoms with Gasteiger partial charge in [0.1, 0.15) is 5.75 Å². The molecule has 0 amide bonds. The van der Waals surface area contributed by atoms with Gasteiger partial charge in [-0.15, -0.1) is 0 Å². The predicted molar refractivity (Wildman–Crippen MR) is 79.3 cm³/mol. The molecular formula is C16H12ClFO3. The molecule has 0 aliphatic heterocycles. The highest BCUT2D eigenvalue weighted by molar-refractivity contribution is 6.32. The van der Waals surface area contributed by atoms with E-state index < -0.39 is 11.8 Å². The van der Waals surface area contributed by atoms with Gasteiger partial charge in [-0.25, -0.2) is 9.18 Å². The molecule has 0 saturated heterocycles. The van der Waals surface area contributed by atoms with Crippen LogP contribution in [0.2, 0.25) is 5.02 Å². The van der Waals surface area contributed by atoms with Crippen LogP contribution in [0.25, 0.3) is 6.08 Å². The molecule has 0 bridgehead atoms. The van der Waals surface area contributed by atoms with Crippen LogP contribution < -0.4 is 4.74 Å². The lowest BCUT2D eigenvalue weighted by molar-refractivity contribution is -0.131. The van der Waals surface area contributed by atoms with Gasteiger partial charge >= 0.3 is 5.97 Å². The molecule has 0 aliphatic rings. The van der Waals surface area contributed by atoms with Crippen molar-refractivity contribution in [1.82, 2.24) is 0 Å². The first-order valence-electron chi connectivity index (χ1n) is 6.10. The van der Waals surface area contributed by atoms with Crippen molar-refractivity contribution < 1.29 is 19.0 Å². The second kappa shape index (κ2) is 6.41. The Morgan fingerprint density at radius 1 is 1.24 bits per heavy atom. The summed E-state index contributed by atoms with van der Waals surface area (Å²) in [6.07, 6.45) is 2.41. The van der Waals surface area contributed by atoms with E-state index in [1.54, 1.807) is 30.3 Å². The topological polar surface area (TPSA) is 46.5 Å². The minimum absolute atomic E-state index is 0.0886. The Morgan fingerprint density at radius 2 is 2.00 bits per heavy atom. The fourth-order valence-electron chi connectivity index (χ4n) is 1.68. The normalized spacial score (nSPS) is 10.8. The SMILES string of the molecule is Cc1ccc(F)c(Oc2ccc(/C=C/C(=O)O)cc2Cl)c1. The second-order valence-electron chi connectivity index (χ2n) is 4.40. The van der Waals surface area contributed by atoms with Gasteiger partial charge in [-0.3, -0.25) is 0 Å². The second-order valence-corrected chi connectivity index (χ2v) is 4.80. The Labute approximate surface area is 126 Å². The molecule has 0 aromatic heterocycles. The molecule has 5 heteroatoms. The standard InChI is InChI=1S/C16H12ClFO3/c1-10-2-5-13(18)15(8-10)21-14-6-3-11(9-12(14)17)4-7-16(19)20/h2-9H,1H3,(H,19,20)/b7-4+. The molecule has 2 rings (SSSR count). The van der Waals surface area contributed by atoms with Gasteiger partial charge in [-0.2, -0.15) is 0 Å². The number of benzene rings is 2. The van der Waals surface area contributed by atoms with E-state index in [4.69, 9.17) is 21.4 Å². The molecule has 21 heavy (non-hydrogen) atoms. The van der Waals surface area contributed by atoms with Crippen molar-refractivity contribution >= 4 is 23.6 Å². The van der Waals surface area contributed by atoms with Crippen LogP contribution in [-0.2, 0) is 4.79 Å². The van der Waals surface area contributed by atoms with Crippen molar-refractivity contribution in [3.8, 4) is 11.5 Å². The summed E-state index contributed by atoms with van der Waals surface area (Å²) >= 11 is 6.06. The third-order valence-corrected chi connectivity index (χ3v) is 2.98. The summed E-state index contributed by atoms with van der Waals surface area (Å²) in [7, 11) is 0. The first-order valence-corrected chi connectivity index (χ1v) is 6.48. The highest BCUT2D eigenvalue weighted by Crippen LogP contribution is 2.32. The number of carboxylic acids is 1. The van der Waals surface area contributed by atoms with Gasteiger partial charge in [-0.1, -0.05) is 23.7 Å². The van der Waals surface area contributed by atoms with Crippen LogP contribution in [0.15, 0.2) is 42.5 Å². The number of carboxylic acid groups (broad SMARTS) is 1. The van der Waals surface area contributed by atoms with Crippen molar-refractivity contribution in [3.05, 3.63) is 64.4 Å². The molecule has 0 unspecified atom stereocenters. The lowest BCUT2D eigenvalue weighted by Crippen LogP contribution is -1.91. The van der Waals surface area contributed by atoms with Crippen molar-refractivity contribution in [2.45, 2.75) is 6.92 Å². The zero-order chi connectivity index (χ0) is 15.4. The summed E-state index contributed by atoms with van der Waals surface area (Å²) in [6.45, 7) is 1.83. The van der Waals surface area contributed by atoms with Crippen LogP contribution in [0.4, 0.5) is 4.39 Å². The fraction of sp³-hybridized carbons (Fsp3) is 0.0625. The summed E-state index contributed by atoms with van der Waals surface area (Å²) in [5.41, 5.74) is 1.47. The van der Waals surface area contributed by atoms with Crippen LogP contribution in [-0.4, -0.2) is 11.1 Å². The molecule has 0 atom stereocenters. The minimum atomic E-state index is -1.05. The minimum Gasteiger partial charge on any atom is -0.478 e. The number of hydrogen-bond acceptors (Lipinski definition) is 2. The average molecular weight is 307 g/mol. The smallest absolute Gasteiger partial charge is 0.328 e. The van der Waals surface area contributed by atoms with E-state index >= 15 is 0 Å². The number of rotatable bonds is 4. The molecule has 108 valence electrons. The molecule has 0 aliphatic carbocycles. The van der Waals surface area contributed by atoms with Gasteiger partial charge in [0.25, 0.3) is 0 Å². The fourth-order valence-corrected chi connectivity index (χ4v) is 1.91. The number of hydrogen-bond donors (Lipinski definition) is 1. The molecule has 0 heterocycles. The Bertz CT molecular complexity index is 711. The largest absolute Gasteiger partial charge is 0.478 e. The molecule has 0 radical (unpaired) electrons. The zero-order valence-corrected chi connectivity index (χ0v) is 11.9. The first kappa shape index (κ1) is 15.1. The van der Waals surface area contributed by atoms with Crippen molar-refractivity contribution in [3.63, 3.8) is 0 Å². The Balaban J connectivity index is 2.25. The van der Waals surface area contributed by atoms with Gasteiger partial charge in [0.15, 0.2) is 11.6 Å². The Hall–Kier alpha value is -2.33. The number of ether oxygens (including phenoxy) is 1. The van der Waals surface area contributed by atoms with Crippen molar-refractivity contribution in [1.29, 1.82) is 0 Å². The Kier molecular flexibility index (Phi) is 4.60. The van der Waals surface area contributed by atoms with Crippen LogP contribution in [0, 0.1) is 12.7 Å². The molecular weight excluding hydrogens is 295 g/mol. The van der Waals surface area contributed by atoms with Gasteiger partial charge in [0, 0.05) is 6.08 Å². The van der Waals surface area contributed by atoms with Gasteiger partial charge in [0.2, 0.25) is 0 Å². The van der Waals surface area contributed by atoms with Crippen LogP contribution >= 0.6 is 11.6 Å². The average Bonchev–Trinajstić information content (AvgIpc) is 2.43. The van der Waals surface area contributed by atoms with Gasteiger partial charge < -0.3 is 9.84 Å². The van der Waals surface area contributed by atoms with E-state index in [0.29, 0.717) is 11.3 Å². The molecule has 0 fully saturated rings. The predicted octanol–water partition coefficient (Wildman–Crippen LogP) is 4.68. The maximum absolute atomic E-state index is 13.6. The summed E-state index contributed by atoms with van der Waals surface area (Å²) in [4.78, 5) is 10.4. The first-order chi connectivity index (χ1) is 9.95. The molecule has 0 spiro atoms. The van der Waals surface area contributed by atoms with E-state index in [2.05, 4.69) is 0 Å². The monoisotopic (exact) mass is 306 g/mol. The lowest BCUT2D eigenvalue weighted by Gasteiger charge is -2.09. The van der Waals surface area contributed by atoms with E-state index in [0.717, 1.165) is 11.6 Å². The zero-order valence-electron chi connectivity index (χ0n) is 11.1. The molecule has 3 nitrogen and oxygen atoms in total. The Morgan fingerprint density at radius 3 is 2.67 bits per heavy atom. The summed E-state index contributed by atoms with van der Waals surface area (Å²) < 4.78 is 19.1. The highest BCUT2D eigenvalue weighted by atomic mass is 35.5. The van der Waals surface area contributed by atoms with Crippen LogP contribution in [0.5, 0.6) is 11.5 Å². The maximum atomic E-state index is 13.6. The van der Waals surface area contributed by atoms with Crippen LogP contribution in [0.3, 0.4) is 0 Å². The number of carbonyl (C=O) groups is 1. The molecule has 1 N–H and O–H groups in total. The maximum Gasteiger partial charge on any atom is 0.328 e. The van der Waals surface area contributed by atoms with E-state index in [1.807, 2.05) is 6.92 Å². The van der Waals surface area contributed by atoms with E-state index in [9.17, 15) is 9.18 Å². The van der Waals surface area contributed by atoms with E-state index in [-0.39, 0.29) is 10.8 Å². The van der Waals surface area contributed by atoms with E-state index in [1.165, 1.54) is 12.1 Å². The van der Waals surface area contributed by atoms with Crippen molar-refractivity contribution in [2.24, 2.45) is 0 Å². The molecule has 2 aromatic carbocycles. The highest BCUT2D eigenvalue weighted by Gasteiger charge is 2.08.